The maximum absolute atomic E-state index is 12.6. The molecule has 6 nitrogen and oxygen atoms in total. The van der Waals surface area contributed by atoms with Crippen molar-refractivity contribution in [2.75, 3.05) is 6.54 Å². The molecule has 1 aliphatic heterocycles. The van der Waals surface area contributed by atoms with Crippen LogP contribution in [0.15, 0.2) is 18.2 Å². The number of benzene rings is 1. The number of unbranched alkanes of at least 4 members (excludes halogenated alkanes) is 1. The van der Waals surface area contributed by atoms with Crippen molar-refractivity contribution < 1.29 is 24.4 Å². The Hall–Kier alpha value is -1.86. The van der Waals surface area contributed by atoms with E-state index < -0.39 is 13.1 Å². The fraction of sp³-hybridized carbons (Fsp3) is 0.636. The quantitative estimate of drug-likeness (QED) is 0.432. The lowest BCUT2D eigenvalue weighted by Crippen LogP contribution is -2.36. The number of hydrogen-bond donors (Lipinski definition) is 3. The zero-order valence-corrected chi connectivity index (χ0v) is 17.0. The number of Topliss-reactive ketones (excluding diaryl/α,β-unsaturated/α-hetero) is 1. The molecule has 0 unspecified atom stereocenters. The first kappa shape index (κ1) is 21.8. The van der Waals surface area contributed by atoms with Gasteiger partial charge in [0, 0.05) is 18.7 Å². The normalized spacial score (nSPS) is 23.9. The van der Waals surface area contributed by atoms with Gasteiger partial charge in [0.2, 0.25) is 0 Å². The summed E-state index contributed by atoms with van der Waals surface area (Å²) >= 11 is 0. The molecule has 1 atom stereocenters. The molecular formula is C22H32BNO5. The van der Waals surface area contributed by atoms with Gasteiger partial charge in [0.05, 0.1) is 5.56 Å². The molecule has 29 heavy (non-hydrogen) atoms. The van der Waals surface area contributed by atoms with Gasteiger partial charge < -0.3 is 20.5 Å². The van der Waals surface area contributed by atoms with E-state index in [1.54, 1.807) is 12.1 Å². The second kappa shape index (κ2) is 10.3. The topological polar surface area (TPSA) is 110 Å². The molecule has 1 fully saturated rings. The SMILES string of the molecule is NCCCCC1CCC(CC(=O)C[C@H]2Cc3cccc(C(=O)O)c3OB2O)CC1. The van der Waals surface area contributed by atoms with Crippen LogP contribution in [0.2, 0.25) is 5.82 Å². The number of hydrogen-bond acceptors (Lipinski definition) is 5. The van der Waals surface area contributed by atoms with E-state index >= 15 is 0 Å². The number of carboxylic acid groups (broad SMARTS) is 1. The molecule has 1 aromatic rings. The maximum atomic E-state index is 12.6. The highest BCUT2D eigenvalue weighted by Gasteiger charge is 2.38. The Morgan fingerprint density at radius 2 is 1.83 bits per heavy atom. The maximum Gasteiger partial charge on any atom is 0.526 e. The highest BCUT2D eigenvalue weighted by atomic mass is 16.5. The van der Waals surface area contributed by atoms with Gasteiger partial charge in [0.15, 0.2) is 0 Å². The summed E-state index contributed by atoms with van der Waals surface area (Å²) in [7, 11) is -1.15. The second-order valence-corrected chi connectivity index (χ2v) is 8.69. The third kappa shape index (κ3) is 5.83. The summed E-state index contributed by atoms with van der Waals surface area (Å²) in [6.07, 6.45) is 9.46. The first-order valence-corrected chi connectivity index (χ1v) is 10.9. The van der Waals surface area contributed by atoms with Gasteiger partial charge in [0.1, 0.15) is 11.5 Å². The van der Waals surface area contributed by atoms with Crippen molar-refractivity contribution in [3.05, 3.63) is 29.3 Å². The van der Waals surface area contributed by atoms with Gasteiger partial charge in [0.25, 0.3) is 0 Å². The summed E-state index contributed by atoms with van der Waals surface area (Å²) in [6.45, 7) is 0.767. The summed E-state index contributed by atoms with van der Waals surface area (Å²) in [5.41, 5.74) is 6.36. The standard InChI is InChI=1S/C22H32BNO5/c24-11-2-1-4-15-7-9-16(10-8-15)12-19(25)14-18-13-17-5-3-6-20(22(26)27)21(17)29-23(18)28/h3,5-6,15-16,18,28H,1-2,4,7-14,24H2,(H,26,27)/t15?,16?,18-/m1/s1. The van der Waals surface area contributed by atoms with Gasteiger partial charge >= 0.3 is 13.1 Å². The molecule has 3 rings (SSSR count). The monoisotopic (exact) mass is 401 g/mol. The Balaban J connectivity index is 1.48. The summed E-state index contributed by atoms with van der Waals surface area (Å²) in [5, 5.41) is 19.6. The Labute approximate surface area is 173 Å². The molecule has 1 saturated carbocycles. The number of para-hydroxylation sites is 1. The lowest BCUT2D eigenvalue weighted by Gasteiger charge is -2.30. The molecular weight excluding hydrogens is 369 g/mol. The van der Waals surface area contributed by atoms with Crippen LogP contribution in [0.1, 0.15) is 73.7 Å². The average Bonchev–Trinajstić information content (AvgIpc) is 2.69. The molecule has 2 aliphatic rings. The predicted octanol–water partition coefficient (Wildman–Crippen LogP) is 3.46. The van der Waals surface area contributed by atoms with Crippen molar-refractivity contribution in [1.29, 1.82) is 0 Å². The molecule has 0 bridgehead atoms. The molecule has 158 valence electrons. The minimum absolute atomic E-state index is 0.0505. The molecule has 4 N–H and O–H groups in total. The van der Waals surface area contributed by atoms with E-state index in [9.17, 15) is 19.7 Å². The van der Waals surface area contributed by atoms with Gasteiger partial charge in [-0.1, -0.05) is 37.8 Å². The van der Waals surface area contributed by atoms with Gasteiger partial charge in [-0.15, -0.1) is 0 Å². The number of carboxylic acids is 1. The van der Waals surface area contributed by atoms with Gasteiger partial charge in [-0.2, -0.15) is 0 Å². The third-order valence-corrected chi connectivity index (χ3v) is 6.49. The van der Waals surface area contributed by atoms with E-state index in [0.29, 0.717) is 18.8 Å². The fourth-order valence-corrected chi connectivity index (χ4v) is 4.83. The second-order valence-electron chi connectivity index (χ2n) is 8.69. The number of carbonyl (C=O) groups excluding carboxylic acids is 1. The van der Waals surface area contributed by atoms with Crippen LogP contribution in [0.5, 0.6) is 5.75 Å². The van der Waals surface area contributed by atoms with Crippen molar-refractivity contribution in [1.82, 2.24) is 0 Å². The fourth-order valence-electron chi connectivity index (χ4n) is 4.83. The smallest absolute Gasteiger partial charge is 0.526 e. The van der Waals surface area contributed by atoms with Crippen LogP contribution in [0.4, 0.5) is 0 Å². The van der Waals surface area contributed by atoms with E-state index in [4.69, 9.17) is 10.4 Å². The molecule has 0 amide bonds. The zero-order chi connectivity index (χ0) is 20.8. The van der Waals surface area contributed by atoms with Crippen LogP contribution in [0.3, 0.4) is 0 Å². The van der Waals surface area contributed by atoms with Crippen LogP contribution in [-0.2, 0) is 11.2 Å². The van der Waals surface area contributed by atoms with Gasteiger partial charge in [-0.25, -0.2) is 4.79 Å². The minimum Gasteiger partial charge on any atom is -0.535 e. The van der Waals surface area contributed by atoms with E-state index in [1.807, 2.05) is 0 Å². The largest absolute Gasteiger partial charge is 0.535 e. The van der Waals surface area contributed by atoms with Crippen molar-refractivity contribution >= 4 is 18.9 Å². The van der Waals surface area contributed by atoms with Crippen LogP contribution >= 0.6 is 0 Å². The number of fused-ring (bicyclic) bond motifs is 1. The van der Waals surface area contributed by atoms with Crippen molar-refractivity contribution in [3.8, 4) is 5.75 Å². The van der Waals surface area contributed by atoms with E-state index in [-0.39, 0.29) is 29.3 Å². The minimum atomic E-state index is -1.15. The Morgan fingerprint density at radius 1 is 1.10 bits per heavy atom. The average molecular weight is 401 g/mol. The zero-order valence-electron chi connectivity index (χ0n) is 17.0. The highest BCUT2D eigenvalue weighted by Crippen LogP contribution is 2.38. The lowest BCUT2D eigenvalue weighted by atomic mass is 9.64. The molecule has 1 aliphatic carbocycles. The van der Waals surface area contributed by atoms with Crippen LogP contribution in [-0.4, -0.2) is 35.5 Å². The predicted molar refractivity (Wildman–Crippen MR) is 112 cm³/mol. The van der Waals surface area contributed by atoms with Crippen molar-refractivity contribution in [2.24, 2.45) is 17.6 Å². The summed E-state index contributed by atoms with van der Waals surface area (Å²) < 4.78 is 5.50. The van der Waals surface area contributed by atoms with E-state index in [2.05, 4.69) is 0 Å². The third-order valence-electron chi connectivity index (χ3n) is 6.49. The first-order chi connectivity index (χ1) is 14.0. The molecule has 1 heterocycles. The highest BCUT2D eigenvalue weighted by molar-refractivity contribution is 6.47. The lowest BCUT2D eigenvalue weighted by molar-refractivity contribution is -0.120. The van der Waals surface area contributed by atoms with Crippen LogP contribution in [0.25, 0.3) is 0 Å². The molecule has 0 saturated heterocycles. The summed E-state index contributed by atoms with van der Waals surface area (Å²) in [4.78, 5) is 24.0. The van der Waals surface area contributed by atoms with E-state index in [0.717, 1.165) is 37.3 Å². The first-order valence-electron chi connectivity index (χ1n) is 10.9. The summed E-state index contributed by atoms with van der Waals surface area (Å²) in [5.74, 6) is 0.210. The summed E-state index contributed by atoms with van der Waals surface area (Å²) in [6, 6.07) is 4.94. The van der Waals surface area contributed by atoms with E-state index in [1.165, 1.54) is 31.7 Å². The van der Waals surface area contributed by atoms with Crippen molar-refractivity contribution in [2.45, 2.75) is 70.0 Å². The molecule has 1 aromatic carbocycles. The Bertz CT molecular complexity index is 717. The van der Waals surface area contributed by atoms with Crippen LogP contribution in [0, 0.1) is 11.8 Å². The number of carbonyl (C=O) groups is 2. The molecule has 0 spiro atoms. The number of ketones is 1. The molecule has 0 radical (unpaired) electrons. The van der Waals surface area contributed by atoms with Gasteiger partial charge in [-0.05, 0) is 55.7 Å². The van der Waals surface area contributed by atoms with Crippen molar-refractivity contribution in [3.63, 3.8) is 0 Å². The van der Waals surface area contributed by atoms with Gasteiger partial charge in [-0.3, -0.25) is 4.79 Å². The Morgan fingerprint density at radius 3 is 2.52 bits per heavy atom. The molecule has 0 aromatic heterocycles. The number of rotatable bonds is 9. The molecule has 7 heteroatoms. The Kier molecular flexibility index (Phi) is 7.73. The van der Waals surface area contributed by atoms with Crippen LogP contribution < -0.4 is 10.4 Å². The number of aromatic carboxylic acids is 1. The number of nitrogens with two attached hydrogens (primary N) is 1.